The zero-order chi connectivity index (χ0) is 9.07. The number of hydrogen-bond donors (Lipinski definition) is 0. The highest BCUT2D eigenvalue weighted by Crippen LogP contribution is 1.88. The van der Waals surface area contributed by atoms with Crippen LogP contribution >= 0.6 is 0 Å². The molecule has 0 unspecified atom stereocenters. The third-order valence-electron chi connectivity index (χ3n) is 0.834. The highest BCUT2D eigenvalue weighted by atomic mass is 32.2. The molecule has 0 aliphatic rings. The summed E-state index contributed by atoms with van der Waals surface area (Å²) in [6.45, 7) is 6.89. The Morgan fingerprint density at radius 1 is 1.09 bits per heavy atom. The van der Waals surface area contributed by atoms with E-state index in [0.29, 0.717) is 0 Å². The average molecular weight is 178 g/mol. The molecule has 0 bridgehead atoms. The first-order valence-corrected chi connectivity index (χ1v) is 4.89. The summed E-state index contributed by atoms with van der Waals surface area (Å²) in [6.07, 6.45) is 0. The van der Waals surface area contributed by atoms with Crippen molar-refractivity contribution in [2.45, 2.75) is 0 Å². The molecule has 0 aromatic carbocycles. The second-order valence-electron chi connectivity index (χ2n) is 2.71. The third-order valence-corrected chi connectivity index (χ3v) is 2.50. The van der Waals surface area contributed by atoms with Gasteiger partial charge in [-0.05, 0) is 0 Å². The van der Waals surface area contributed by atoms with Gasteiger partial charge < -0.3 is 0 Å². The molecule has 0 heterocycles. The predicted octanol–water partition coefficient (Wildman–Crippen LogP) is -0.998. The molecule has 0 aromatic heterocycles. The van der Waals surface area contributed by atoms with Gasteiger partial charge in [0, 0.05) is 0 Å². The van der Waals surface area contributed by atoms with Crippen LogP contribution in [0.2, 0.25) is 0 Å². The zero-order valence-corrected chi connectivity index (χ0v) is 7.76. The molecule has 64 valence electrons. The van der Waals surface area contributed by atoms with Crippen LogP contribution in [0, 0.1) is 0 Å². The van der Waals surface area contributed by atoms with Gasteiger partial charge in [0.1, 0.15) is 27.5 Å². The molecule has 0 aliphatic heterocycles. The number of sulfone groups is 1. The normalized spacial score (nSPS) is 11.1. The molecule has 0 saturated carbocycles. The van der Waals surface area contributed by atoms with E-state index in [4.69, 9.17) is 0 Å². The summed E-state index contributed by atoms with van der Waals surface area (Å²) in [5.41, 5.74) is 0. The Kier molecular flexibility index (Phi) is 3.38. The van der Waals surface area contributed by atoms with E-state index in [0.717, 1.165) is 0 Å². The molecule has 0 amide bonds. The van der Waals surface area contributed by atoms with Gasteiger partial charge in [-0.3, -0.25) is 0 Å². The van der Waals surface area contributed by atoms with Gasteiger partial charge in [-0.15, -0.1) is 0 Å². The fourth-order valence-electron chi connectivity index (χ4n) is 0.712. The van der Waals surface area contributed by atoms with Gasteiger partial charge in [0.25, 0.3) is 9.84 Å². The zero-order valence-electron chi connectivity index (χ0n) is 6.95. The van der Waals surface area contributed by atoms with Crippen molar-refractivity contribution in [2.24, 2.45) is 0 Å². The molecular formula is C6H14N2O2S+2. The second kappa shape index (κ2) is 3.61. The molecule has 0 radical (unpaired) electrons. The lowest BCUT2D eigenvalue weighted by molar-refractivity contribution is -0.479. The maximum Gasteiger partial charge on any atom is 0.269 e. The van der Waals surface area contributed by atoms with Crippen molar-refractivity contribution in [3.8, 4) is 0 Å². The summed E-state index contributed by atoms with van der Waals surface area (Å²) in [7, 11) is 0.170. The third kappa shape index (κ3) is 5.72. The van der Waals surface area contributed by atoms with Crippen LogP contribution < -0.4 is 0 Å². The molecule has 0 N–H and O–H groups in total. The lowest BCUT2D eigenvalue weighted by atomic mass is 11.1. The minimum absolute atomic E-state index is 0.0349. The summed E-state index contributed by atoms with van der Waals surface area (Å²) < 4.78 is 24.9. The smallest absolute Gasteiger partial charge is 0.231 e. The fourth-order valence-corrected chi connectivity index (χ4v) is 2.14. The lowest BCUT2D eigenvalue weighted by Gasteiger charge is -1.95. The van der Waals surface area contributed by atoms with E-state index in [1.807, 2.05) is 0 Å². The van der Waals surface area contributed by atoms with Crippen LogP contribution in [0.1, 0.15) is 0 Å². The highest BCUT2D eigenvalue weighted by molar-refractivity contribution is 7.90. The SMILES string of the molecule is C=[N+](C)CS(=O)(=O)C[N+](=C)C. The van der Waals surface area contributed by atoms with Crippen LogP contribution in [-0.4, -0.2) is 56.9 Å². The van der Waals surface area contributed by atoms with Gasteiger partial charge in [-0.1, -0.05) is 0 Å². The van der Waals surface area contributed by atoms with E-state index in [1.165, 1.54) is 9.15 Å². The molecule has 0 aromatic rings. The summed E-state index contributed by atoms with van der Waals surface area (Å²) in [5, 5.41) is 0. The van der Waals surface area contributed by atoms with Crippen molar-refractivity contribution >= 4 is 23.3 Å². The molecule has 0 saturated heterocycles. The minimum Gasteiger partial charge on any atom is -0.231 e. The first-order valence-electron chi connectivity index (χ1n) is 3.07. The van der Waals surface area contributed by atoms with Crippen molar-refractivity contribution < 1.29 is 17.6 Å². The van der Waals surface area contributed by atoms with Gasteiger partial charge in [-0.25, -0.2) is 17.6 Å². The number of nitrogens with zero attached hydrogens (tertiary/aromatic N) is 2. The molecule has 4 nitrogen and oxygen atoms in total. The minimum atomic E-state index is -3.05. The maximum atomic E-state index is 11.1. The maximum absolute atomic E-state index is 11.1. The van der Waals surface area contributed by atoms with E-state index in [1.54, 1.807) is 14.1 Å². The largest absolute Gasteiger partial charge is 0.269 e. The Morgan fingerprint density at radius 2 is 1.36 bits per heavy atom. The van der Waals surface area contributed by atoms with Gasteiger partial charge in [-0.2, -0.15) is 0 Å². The van der Waals surface area contributed by atoms with E-state index >= 15 is 0 Å². The second-order valence-corrected chi connectivity index (χ2v) is 4.72. The van der Waals surface area contributed by atoms with Crippen molar-refractivity contribution in [1.82, 2.24) is 0 Å². The standard InChI is InChI=1S/C6H14N2O2S/c1-7(2)5-11(9,10)6-8(3)4/h1,3,5-6H2,2,4H3/q+2. The first-order chi connectivity index (χ1) is 4.83. The Balaban J connectivity index is 4.25. The number of hydrogen-bond acceptors (Lipinski definition) is 2. The average Bonchev–Trinajstić information content (AvgIpc) is 1.53. The molecule has 0 aliphatic carbocycles. The molecule has 11 heavy (non-hydrogen) atoms. The van der Waals surface area contributed by atoms with E-state index in [2.05, 4.69) is 13.4 Å². The van der Waals surface area contributed by atoms with Crippen LogP contribution in [-0.2, 0) is 9.84 Å². The van der Waals surface area contributed by atoms with Crippen LogP contribution in [0.3, 0.4) is 0 Å². The van der Waals surface area contributed by atoms with Crippen molar-refractivity contribution in [3.05, 3.63) is 0 Å². The first kappa shape index (κ1) is 10.3. The summed E-state index contributed by atoms with van der Waals surface area (Å²) in [4.78, 5) is 0. The molecule has 0 atom stereocenters. The molecule has 0 rings (SSSR count). The van der Waals surface area contributed by atoms with Gasteiger partial charge >= 0.3 is 0 Å². The molecule has 0 spiro atoms. The van der Waals surface area contributed by atoms with Gasteiger partial charge in [0.15, 0.2) is 0 Å². The monoisotopic (exact) mass is 178 g/mol. The Bertz CT molecular complexity index is 244. The molecule has 5 heteroatoms. The summed E-state index contributed by atoms with van der Waals surface area (Å²) >= 11 is 0. The van der Waals surface area contributed by atoms with Crippen molar-refractivity contribution in [1.29, 1.82) is 0 Å². The Labute approximate surface area is 67.4 Å². The van der Waals surface area contributed by atoms with E-state index in [-0.39, 0.29) is 11.8 Å². The quantitative estimate of drug-likeness (QED) is 0.409. The topological polar surface area (TPSA) is 40.2 Å². The summed E-state index contributed by atoms with van der Waals surface area (Å²) in [5.74, 6) is -0.0697. The number of rotatable bonds is 4. The molecular weight excluding hydrogens is 164 g/mol. The lowest BCUT2D eigenvalue weighted by Crippen LogP contribution is -2.24. The highest BCUT2D eigenvalue weighted by Gasteiger charge is 2.19. The summed E-state index contributed by atoms with van der Waals surface area (Å²) in [6, 6.07) is 0. The van der Waals surface area contributed by atoms with E-state index in [9.17, 15) is 8.42 Å². The van der Waals surface area contributed by atoms with Gasteiger partial charge in [0.05, 0.1) is 0 Å². The molecule has 0 fully saturated rings. The van der Waals surface area contributed by atoms with Crippen LogP contribution in [0.5, 0.6) is 0 Å². The van der Waals surface area contributed by atoms with Gasteiger partial charge in [0.2, 0.25) is 11.8 Å². The van der Waals surface area contributed by atoms with E-state index < -0.39 is 9.84 Å². The Morgan fingerprint density at radius 3 is 1.55 bits per heavy atom. The van der Waals surface area contributed by atoms with Crippen LogP contribution in [0.4, 0.5) is 0 Å². The fraction of sp³-hybridized carbons (Fsp3) is 0.667. The predicted molar refractivity (Wildman–Crippen MR) is 45.3 cm³/mol. The van der Waals surface area contributed by atoms with Crippen LogP contribution in [0.15, 0.2) is 0 Å². The van der Waals surface area contributed by atoms with Crippen molar-refractivity contribution in [3.63, 3.8) is 0 Å². The van der Waals surface area contributed by atoms with Crippen LogP contribution in [0.25, 0.3) is 0 Å². The Hall–Kier alpha value is -0.710. The van der Waals surface area contributed by atoms with Crippen molar-refractivity contribution in [2.75, 3.05) is 25.8 Å².